The van der Waals surface area contributed by atoms with Gasteiger partial charge >= 0.3 is 0 Å². The number of halogens is 1. The first kappa shape index (κ1) is 19.7. The molecule has 5 nitrogen and oxygen atoms in total. The third kappa shape index (κ3) is 3.69. The molecule has 7 heteroatoms. The smallest absolute Gasteiger partial charge is 0.174 e. The fraction of sp³-hybridized carbons (Fsp3) is 0.125. The maximum absolute atomic E-state index is 6.06. The number of hydrogen-bond acceptors (Lipinski definition) is 3. The van der Waals surface area contributed by atoms with E-state index >= 15 is 0 Å². The predicted molar refractivity (Wildman–Crippen MR) is 128 cm³/mol. The molecule has 1 N–H and O–H groups in total. The summed E-state index contributed by atoms with van der Waals surface area (Å²) in [7, 11) is 0. The summed E-state index contributed by atoms with van der Waals surface area (Å²) < 4.78 is 2.08. The number of rotatable bonds is 4. The third-order valence-corrected chi connectivity index (χ3v) is 5.96. The van der Waals surface area contributed by atoms with Gasteiger partial charge in [0.1, 0.15) is 11.9 Å². The quantitative estimate of drug-likeness (QED) is 0.426. The summed E-state index contributed by atoms with van der Waals surface area (Å²) in [4.78, 5) is 11.3. The van der Waals surface area contributed by atoms with Gasteiger partial charge in [-0.1, -0.05) is 29.8 Å². The Balaban J connectivity index is 1.67. The van der Waals surface area contributed by atoms with Crippen molar-refractivity contribution in [3.05, 3.63) is 107 Å². The summed E-state index contributed by atoms with van der Waals surface area (Å²) in [5, 5.41) is 4.78. The van der Waals surface area contributed by atoms with E-state index in [0.717, 1.165) is 22.9 Å². The number of hydrogen-bond donors (Lipinski definition) is 1. The Morgan fingerprint density at radius 1 is 1.00 bits per heavy atom. The number of aryl methyl sites for hydroxylation is 1. The van der Waals surface area contributed by atoms with Crippen molar-refractivity contribution in [2.24, 2.45) is 0 Å². The second kappa shape index (κ2) is 8.13. The molecule has 1 fully saturated rings. The van der Waals surface area contributed by atoms with Crippen molar-refractivity contribution in [3.63, 3.8) is 0 Å². The molecule has 0 amide bonds. The Morgan fingerprint density at radius 3 is 2.65 bits per heavy atom. The highest BCUT2D eigenvalue weighted by molar-refractivity contribution is 7.80. The van der Waals surface area contributed by atoms with Crippen LogP contribution in [-0.2, 0) is 0 Å². The van der Waals surface area contributed by atoms with E-state index in [1.54, 1.807) is 6.20 Å². The van der Waals surface area contributed by atoms with Crippen molar-refractivity contribution in [1.82, 2.24) is 19.9 Å². The highest BCUT2D eigenvalue weighted by Gasteiger charge is 2.42. The first-order valence-corrected chi connectivity index (χ1v) is 10.8. The fourth-order valence-electron chi connectivity index (χ4n) is 4.07. The highest BCUT2D eigenvalue weighted by Crippen LogP contribution is 2.42. The molecular formula is C24H20ClN5S. The van der Waals surface area contributed by atoms with Crippen molar-refractivity contribution < 1.29 is 0 Å². The van der Waals surface area contributed by atoms with Crippen LogP contribution in [0.25, 0.3) is 5.82 Å². The largest absolute Gasteiger partial charge is 0.351 e. The monoisotopic (exact) mass is 445 g/mol. The second-order valence-corrected chi connectivity index (χ2v) is 8.30. The van der Waals surface area contributed by atoms with Crippen molar-refractivity contribution in [2.45, 2.75) is 19.0 Å². The van der Waals surface area contributed by atoms with Gasteiger partial charge in [-0.15, -0.1) is 0 Å². The average Bonchev–Trinajstić information content (AvgIpc) is 3.39. The van der Waals surface area contributed by atoms with Crippen LogP contribution >= 0.6 is 23.8 Å². The molecular weight excluding hydrogens is 426 g/mol. The van der Waals surface area contributed by atoms with E-state index in [2.05, 4.69) is 62.0 Å². The molecule has 5 rings (SSSR count). The van der Waals surface area contributed by atoms with Crippen molar-refractivity contribution >= 4 is 34.6 Å². The number of nitrogens with zero attached hydrogens (tertiary/aromatic N) is 4. The van der Waals surface area contributed by atoms with E-state index in [9.17, 15) is 0 Å². The van der Waals surface area contributed by atoms with E-state index in [-0.39, 0.29) is 12.1 Å². The van der Waals surface area contributed by atoms with Crippen LogP contribution < -0.4 is 10.2 Å². The van der Waals surface area contributed by atoms with Crippen molar-refractivity contribution in [2.75, 3.05) is 4.90 Å². The molecule has 31 heavy (non-hydrogen) atoms. The molecule has 1 aliphatic rings. The number of benzene rings is 1. The van der Waals surface area contributed by atoms with Gasteiger partial charge in [-0.3, -0.25) is 4.98 Å². The minimum absolute atomic E-state index is 0.114. The Labute approximate surface area is 191 Å². The Hall–Kier alpha value is -3.22. The van der Waals surface area contributed by atoms with Gasteiger partial charge in [0.2, 0.25) is 0 Å². The lowest BCUT2D eigenvalue weighted by Gasteiger charge is -2.29. The molecule has 0 bridgehead atoms. The molecule has 4 aromatic rings. The Bertz CT molecular complexity index is 1220. The van der Waals surface area contributed by atoms with E-state index in [0.29, 0.717) is 10.1 Å². The van der Waals surface area contributed by atoms with E-state index in [1.165, 1.54) is 5.56 Å². The first-order chi connectivity index (χ1) is 15.1. The summed E-state index contributed by atoms with van der Waals surface area (Å²) in [6.45, 7) is 2.08. The van der Waals surface area contributed by atoms with Crippen LogP contribution in [-0.4, -0.2) is 19.6 Å². The summed E-state index contributed by atoms with van der Waals surface area (Å²) in [6, 6.07) is 22.0. The van der Waals surface area contributed by atoms with Gasteiger partial charge in [0, 0.05) is 30.0 Å². The highest BCUT2D eigenvalue weighted by atomic mass is 35.5. The molecule has 1 aromatic carbocycles. The molecule has 2 atom stereocenters. The average molecular weight is 446 g/mol. The zero-order chi connectivity index (χ0) is 21.4. The van der Waals surface area contributed by atoms with E-state index in [4.69, 9.17) is 23.8 Å². The van der Waals surface area contributed by atoms with Crippen LogP contribution in [0.1, 0.15) is 29.0 Å². The zero-order valence-corrected chi connectivity index (χ0v) is 18.4. The number of aromatic nitrogens is 3. The molecule has 1 saturated heterocycles. The van der Waals surface area contributed by atoms with Gasteiger partial charge in [0.15, 0.2) is 5.11 Å². The summed E-state index contributed by atoms with van der Waals surface area (Å²) in [6.07, 6.45) is 5.48. The van der Waals surface area contributed by atoms with E-state index < -0.39 is 0 Å². The Kier molecular flexibility index (Phi) is 5.18. The van der Waals surface area contributed by atoms with Gasteiger partial charge in [0.25, 0.3) is 0 Å². The molecule has 0 radical (unpaired) electrons. The zero-order valence-electron chi connectivity index (χ0n) is 16.8. The standard InChI is InChI=1S/C24H20ClN5S/c1-16-6-4-7-18(14-16)30-23(22(28-24(30)31)19-8-2-3-12-26-19)20-9-5-13-29(20)21-11-10-17(25)15-27-21/h2-15,22-23H,1H3,(H,28,31)/t22-,23-/m0/s1. The lowest BCUT2D eigenvalue weighted by Crippen LogP contribution is -2.30. The van der Waals surface area contributed by atoms with Gasteiger partial charge in [0.05, 0.1) is 16.8 Å². The Morgan fingerprint density at radius 2 is 1.90 bits per heavy atom. The number of pyridine rings is 2. The lowest BCUT2D eigenvalue weighted by molar-refractivity contribution is 0.548. The molecule has 0 unspecified atom stereocenters. The molecule has 0 spiro atoms. The van der Waals surface area contributed by atoms with Crippen LogP contribution in [0.4, 0.5) is 5.69 Å². The number of thiocarbonyl (C=S) groups is 1. The summed E-state index contributed by atoms with van der Waals surface area (Å²) in [5.74, 6) is 0.797. The second-order valence-electron chi connectivity index (χ2n) is 7.47. The summed E-state index contributed by atoms with van der Waals surface area (Å²) in [5.41, 5.74) is 4.20. The van der Waals surface area contributed by atoms with Crippen molar-refractivity contribution in [1.29, 1.82) is 0 Å². The first-order valence-electron chi connectivity index (χ1n) is 9.98. The maximum atomic E-state index is 6.06. The normalized spacial score (nSPS) is 18.3. The minimum Gasteiger partial charge on any atom is -0.351 e. The van der Waals surface area contributed by atoms with Gasteiger partial charge in [-0.05, 0) is 73.2 Å². The molecule has 3 aromatic heterocycles. The molecule has 4 heterocycles. The third-order valence-electron chi connectivity index (χ3n) is 5.42. The topological polar surface area (TPSA) is 46.0 Å². The molecule has 0 aliphatic carbocycles. The maximum Gasteiger partial charge on any atom is 0.174 e. The molecule has 1 aliphatic heterocycles. The van der Waals surface area contributed by atoms with E-state index in [1.807, 2.05) is 48.8 Å². The molecule has 0 saturated carbocycles. The molecule has 154 valence electrons. The SMILES string of the molecule is Cc1cccc(N2C(=S)N[C@@H](c3ccccn3)[C@@H]2c2cccn2-c2ccc(Cl)cn2)c1. The van der Waals surface area contributed by atoms with Crippen LogP contribution in [0.3, 0.4) is 0 Å². The van der Waals surface area contributed by atoms with Gasteiger partial charge in [-0.2, -0.15) is 0 Å². The van der Waals surface area contributed by atoms with Crippen molar-refractivity contribution in [3.8, 4) is 5.82 Å². The van der Waals surface area contributed by atoms with Crippen LogP contribution in [0.2, 0.25) is 5.02 Å². The van der Waals surface area contributed by atoms with Crippen LogP contribution in [0.15, 0.2) is 85.3 Å². The number of nitrogens with one attached hydrogen (secondary N) is 1. The van der Waals surface area contributed by atoms with Crippen LogP contribution in [0, 0.1) is 6.92 Å². The van der Waals surface area contributed by atoms with Crippen LogP contribution in [0.5, 0.6) is 0 Å². The lowest BCUT2D eigenvalue weighted by atomic mass is 10.0. The fourth-order valence-corrected chi connectivity index (χ4v) is 4.52. The predicted octanol–water partition coefficient (Wildman–Crippen LogP) is 5.41. The summed E-state index contributed by atoms with van der Waals surface area (Å²) >= 11 is 11.9. The number of anilines is 1. The minimum atomic E-state index is -0.116. The van der Waals surface area contributed by atoms with Gasteiger partial charge in [-0.25, -0.2) is 4.98 Å². The van der Waals surface area contributed by atoms with Gasteiger partial charge < -0.3 is 14.8 Å².